The van der Waals surface area contributed by atoms with Crippen LogP contribution in [0.2, 0.25) is 0 Å². The van der Waals surface area contributed by atoms with Crippen LogP contribution in [0.3, 0.4) is 0 Å². The predicted molar refractivity (Wildman–Crippen MR) is 70.6 cm³/mol. The van der Waals surface area contributed by atoms with Crippen molar-refractivity contribution < 1.29 is 4.79 Å². The molecule has 0 aliphatic heterocycles. The molecule has 0 atom stereocenters. The number of hydrogen-bond acceptors (Lipinski definition) is 3. The maximum absolute atomic E-state index is 11.6. The van der Waals surface area contributed by atoms with E-state index in [0.29, 0.717) is 12.1 Å². The minimum Gasteiger partial charge on any atom is -0.347 e. The molecule has 0 radical (unpaired) electrons. The summed E-state index contributed by atoms with van der Waals surface area (Å²) in [7, 11) is 0. The molecule has 1 aromatic heterocycles. The summed E-state index contributed by atoms with van der Waals surface area (Å²) in [5.41, 5.74) is 2.23. The third kappa shape index (κ3) is 3.82. The smallest absolute Gasteiger partial charge is 0.244 e. The maximum atomic E-state index is 11.6. The van der Waals surface area contributed by atoms with Gasteiger partial charge in [0.05, 0.1) is 30.2 Å². The van der Waals surface area contributed by atoms with Crippen LogP contribution in [0.15, 0.2) is 42.9 Å². The highest BCUT2D eigenvalue weighted by Crippen LogP contribution is 2.05. The number of carbonyl (C=O) groups excluding carboxylic acids is 1. The van der Waals surface area contributed by atoms with Gasteiger partial charge in [-0.1, -0.05) is 12.1 Å². The summed E-state index contributed by atoms with van der Waals surface area (Å²) >= 11 is 0. The molecular formula is C14H12N4O. The number of aromatic amines is 1. The standard InChI is InChI=1S/C14H12N4O/c15-7-12-3-1-2-11(6-12)4-5-14(19)17-9-13-8-16-10-18-13/h1-6,8,10H,9H2,(H,16,18)(H,17,19). The zero-order valence-electron chi connectivity index (χ0n) is 10.1. The monoisotopic (exact) mass is 252 g/mol. The summed E-state index contributed by atoms with van der Waals surface area (Å²) in [6.07, 6.45) is 6.32. The second kappa shape index (κ2) is 6.17. The first-order chi connectivity index (χ1) is 9.28. The van der Waals surface area contributed by atoms with Crippen LogP contribution in [0.25, 0.3) is 6.08 Å². The van der Waals surface area contributed by atoms with Crippen molar-refractivity contribution in [3.8, 4) is 6.07 Å². The number of nitrogens with zero attached hydrogens (tertiary/aromatic N) is 2. The van der Waals surface area contributed by atoms with Crippen molar-refractivity contribution in [3.63, 3.8) is 0 Å². The largest absolute Gasteiger partial charge is 0.347 e. The van der Waals surface area contributed by atoms with Gasteiger partial charge in [-0.15, -0.1) is 0 Å². The SMILES string of the molecule is N#Cc1cccc(C=CC(=O)NCc2cnc[nH]2)c1. The van der Waals surface area contributed by atoms with Gasteiger partial charge in [0, 0.05) is 12.3 Å². The lowest BCUT2D eigenvalue weighted by Crippen LogP contribution is -2.20. The minimum atomic E-state index is -0.197. The molecule has 94 valence electrons. The average molecular weight is 252 g/mol. The Morgan fingerprint density at radius 1 is 1.53 bits per heavy atom. The molecule has 1 amide bonds. The summed E-state index contributed by atoms with van der Waals surface area (Å²) < 4.78 is 0. The van der Waals surface area contributed by atoms with Crippen LogP contribution in [0.5, 0.6) is 0 Å². The molecule has 5 heteroatoms. The minimum absolute atomic E-state index is 0.197. The van der Waals surface area contributed by atoms with E-state index in [9.17, 15) is 4.79 Å². The van der Waals surface area contributed by atoms with Gasteiger partial charge >= 0.3 is 0 Å². The molecule has 1 aromatic carbocycles. The molecule has 0 saturated carbocycles. The fourth-order valence-corrected chi connectivity index (χ4v) is 1.51. The van der Waals surface area contributed by atoms with Crippen LogP contribution in [-0.2, 0) is 11.3 Å². The van der Waals surface area contributed by atoms with E-state index in [4.69, 9.17) is 5.26 Å². The van der Waals surface area contributed by atoms with Gasteiger partial charge in [-0.2, -0.15) is 5.26 Å². The highest BCUT2D eigenvalue weighted by atomic mass is 16.1. The molecule has 19 heavy (non-hydrogen) atoms. The third-order valence-corrected chi connectivity index (χ3v) is 2.45. The molecule has 0 aliphatic carbocycles. The summed E-state index contributed by atoms with van der Waals surface area (Å²) in [6, 6.07) is 9.10. The van der Waals surface area contributed by atoms with Gasteiger partial charge in [0.25, 0.3) is 0 Å². The number of rotatable bonds is 4. The number of nitrogens with one attached hydrogen (secondary N) is 2. The highest BCUT2D eigenvalue weighted by molar-refractivity contribution is 5.91. The van der Waals surface area contributed by atoms with Crippen molar-refractivity contribution >= 4 is 12.0 Å². The zero-order valence-corrected chi connectivity index (χ0v) is 10.1. The van der Waals surface area contributed by atoms with Crippen LogP contribution in [-0.4, -0.2) is 15.9 Å². The maximum Gasteiger partial charge on any atom is 0.244 e. The van der Waals surface area contributed by atoms with Gasteiger partial charge in [0.15, 0.2) is 0 Å². The highest BCUT2D eigenvalue weighted by Gasteiger charge is 1.97. The molecule has 1 heterocycles. The lowest BCUT2D eigenvalue weighted by molar-refractivity contribution is -0.116. The lowest BCUT2D eigenvalue weighted by Gasteiger charge is -1.99. The fraction of sp³-hybridized carbons (Fsp3) is 0.0714. The van der Waals surface area contributed by atoms with Crippen molar-refractivity contribution in [2.75, 3.05) is 0 Å². The van der Waals surface area contributed by atoms with Gasteiger partial charge in [0.1, 0.15) is 0 Å². The summed E-state index contributed by atoms with van der Waals surface area (Å²) in [4.78, 5) is 18.3. The number of hydrogen-bond donors (Lipinski definition) is 2. The van der Waals surface area contributed by atoms with E-state index in [-0.39, 0.29) is 5.91 Å². The van der Waals surface area contributed by atoms with E-state index in [2.05, 4.69) is 21.4 Å². The van der Waals surface area contributed by atoms with E-state index in [1.807, 2.05) is 6.07 Å². The van der Waals surface area contributed by atoms with Crippen LogP contribution < -0.4 is 5.32 Å². The van der Waals surface area contributed by atoms with Gasteiger partial charge in [-0.05, 0) is 23.8 Å². The van der Waals surface area contributed by atoms with Crippen LogP contribution >= 0.6 is 0 Å². The number of aromatic nitrogens is 2. The first-order valence-electron chi connectivity index (χ1n) is 5.71. The zero-order chi connectivity index (χ0) is 13.5. The van der Waals surface area contributed by atoms with Crippen LogP contribution in [0, 0.1) is 11.3 Å². The Labute approximate surface area is 110 Å². The number of H-pyrrole nitrogens is 1. The normalized spacial score (nSPS) is 10.3. The molecule has 0 bridgehead atoms. The summed E-state index contributed by atoms with van der Waals surface area (Å²) in [6.45, 7) is 0.404. The molecule has 0 unspecified atom stereocenters. The molecule has 0 saturated heterocycles. The second-order valence-electron chi connectivity index (χ2n) is 3.87. The number of nitriles is 1. The molecule has 0 fully saturated rings. The lowest BCUT2D eigenvalue weighted by atomic mass is 10.1. The van der Waals surface area contributed by atoms with E-state index in [1.54, 1.807) is 36.8 Å². The quantitative estimate of drug-likeness (QED) is 0.811. The van der Waals surface area contributed by atoms with Crippen LogP contribution in [0.4, 0.5) is 0 Å². The van der Waals surface area contributed by atoms with E-state index in [1.165, 1.54) is 6.08 Å². The number of benzene rings is 1. The Kier molecular flexibility index (Phi) is 4.09. The molecular weight excluding hydrogens is 240 g/mol. The predicted octanol–water partition coefficient (Wildman–Crippen LogP) is 1.61. The first kappa shape index (κ1) is 12.6. The Hall–Kier alpha value is -2.87. The Balaban J connectivity index is 1.91. The van der Waals surface area contributed by atoms with Gasteiger partial charge < -0.3 is 10.3 Å². The Morgan fingerprint density at radius 3 is 3.16 bits per heavy atom. The second-order valence-corrected chi connectivity index (χ2v) is 3.87. The third-order valence-electron chi connectivity index (χ3n) is 2.45. The average Bonchev–Trinajstić information content (AvgIpc) is 2.96. The molecule has 2 N–H and O–H groups in total. The van der Waals surface area contributed by atoms with E-state index < -0.39 is 0 Å². The Bertz CT molecular complexity index is 623. The van der Waals surface area contributed by atoms with Gasteiger partial charge in [0.2, 0.25) is 5.91 Å². The van der Waals surface area contributed by atoms with E-state index >= 15 is 0 Å². The van der Waals surface area contributed by atoms with Crippen LogP contribution in [0.1, 0.15) is 16.8 Å². The van der Waals surface area contributed by atoms with Gasteiger partial charge in [-0.3, -0.25) is 4.79 Å². The van der Waals surface area contributed by atoms with Crippen molar-refractivity contribution in [3.05, 3.63) is 59.7 Å². The number of amides is 1. The van der Waals surface area contributed by atoms with Crippen molar-refractivity contribution in [1.82, 2.24) is 15.3 Å². The summed E-state index contributed by atoms with van der Waals surface area (Å²) in [5.74, 6) is -0.197. The number of imidazole rings is 1. The van der Waals surface area contributed by atoms with E-state index in [0.717, 1.165) is 11.3 Å². The molecule has 2 rings (SSSR count). The first-order valence-corrected chi connectivity index (χ1v) is 5.71. The molecule has 5 nitrogen and oxygen atoms in total. The fourth-order valence-electron chi connectivity index (χ4n) is 1.51. The van der Waals surface area contributed by atoms with Crippen molar-refractivity contribution in [2.24, 2.45) is 0 Å². The molecule has 0 spiro atoms. The summed E-state index contributed by atoms with van der Waals surface area (Å²) in [5, 5.41) is 11.5. The molecule has 2 aromatic rings. The molecule has 0 aliphatic rings. The topological polar surface area (TPSA) is 81.6 Å². The van der Waals surface area contributed by atoms with Gasteiger partial charge in [-0.25, -0.2) is 4.98 Å². The van der Waals surface area contributed by atoms with Crippen molar-refractivity contribution in [1.29, 1.82) is 5.26 Å². The Morgan fingerprint density at radius 2 is 2.42 bits per heavy atom. The number of carbonyl (C=O) groups is 1. The van der Waals surface area contributed by atoms with Crippen molar-refractivity contribution in [2.45, 2.75) is 6.54 Å².